The molecule has 1 heterocycles. The Morgan fingerprint density at radius 1 is 1.33 bits per heavy atom. The van der Waals surface area contributed by atoms with E-state index < -0.39 is 0 Å². The lowest BCUT2D eigenvalue weighted by atomic mass is 9.83. The number of nitrogens with one attached hydrogen (secondary N) is 1. The summed E-state index contributed by atoms with van der Waals surface area (Å²) in [4.78, 5) is 14.7. The number of benzene rings is 1. The summed E-state index contributed by atoms with van der Waals surface area (Å²) < 4.78 is 0. The van der Waals surface area contributed by atoms with Crippen LogP contribution in [-0.4, -0.2) is 23.4 Å². The third-order valence-corrected chi connectivity index (χ3v) is 5.02. The lowest BCUT2D eigenvalue weighted by molar-refractivity contribution is -0.130. The summed E-state index contributed by atoms with van der Waals surface area (Å²) >= 11 is 0. The summed E-state index contributed by atoms with van der Waals surface area (Å²) in [5, 5.41) is 3.52. The van der Waals surface area contributed by atoms with Crippen LogP contribution in [-0.2, 0) is 4.79 Å². The maximum absolute atomic E-state index is 12.6. The van der Waals surface area contributed by atoms with Gasteiger partial charge in [-0.2, -0.15) is 0 Å². The quantitative estimate of drug-likeness (QED) is 0.900. The van der Waals surface area contributed by atoms with Crippen LogP contribution in [0.15, 0.2) is 24.3 Å². The minimum atomic E-state index is -0.0168. The molecule has 1 aliphatic heterocycles. The van der Waals surface area contributed by atoms with E-state index >= 15 is 0 Å². The van der Waals surface area contributed by atoms with E-state index in [-0.39, 0.29) is 18.1 Å². The summed E-state index contributed by atoms with van der Waals surface area (Å²) in [6.45, 7) is 5.08. The summed E-state index contributed by atoms with van der Waals surface area (Å²) in [5.41, 5.74) is 2.47. The second-order valence-electron chi connectivity index (χ2n) is 6.56. The van der Waals surface area contributed by atoms with E-state index in [0.717, 1.165) is 25.3 Å². The van der Waals surface area contributed by atoms with Gasteiger partial charge in [-0.05, 0) is 31.2 Å². The molecule has 3 nitrogen and oxygen atoms in total. The van der Waals surface area contributed by atoms with Gasteiger partial charge < -0.3 is 4.90 Å². The SMILES string of the molecule is CCC1NC(c2cccc(C)c2)N(CCC2CCC2)C1=O. The Hall–Kier alpha value is -1.35. The normalized spacial score (nSPS) is 26.2. The van der Waals surface area contributed by atoms with E-state index in [1.165, 1.54) is 30.4 Å². The Balaban J connectivity index is 1.76. The predicted octanol–water partition coefficient (Wildman–Crippen LogP) is 3.39. The Morgan fingerprint density at radius 2 is 2.14 bits per heavy atom. The summed E-state index contributed by atoms with van der Waals surface area (Å²) in [6.07, 6.45) is 6.15. The van der Waals surface area contributed by atoms with Crippen LogP contribution in [0.5, 0.6) is 0 Å². The molecule has 3 rings (SSSR count). The number of carbonyl (C=O) groups is 1. The Morgan fingerprint density at radius 3 is 2.76 bits per heavy atom. The van der Waals surface area contributed by atoms with Gasteiger partial charge in [0.25, 0.3) is 0 Å². The summed E-state index contributed by atoms with van der Waals surface area (Å²) in [7, 11) is 0. The Labute approximate surface area is 127 Å². The first-order valence-corrected chi connectivity index (χ1v) is 8.32. The molecule has 2 aliphatic rings. The number of carbonyl (C=O) groups excluding carboxylic acids is 1. The van der Waals surface area contributed by atoms with Crippen LogP contribution in [0.25, 0.3) is 0 Å². The zero-order chi connectivity index (χ0) is 14.8. The van der Waals surface area contributed by atoms with Gasteiger partial charge >= 0.3 is 0 Å². The molecule has 0 bridgehead atoms. The van der Waals surface area contributed by atoms with Crippen LogP contribution in [0, 0.1) is 12.8 Å². The van der Waals surface area contributed by atoms with Crippen LogP contribution in [0.4, 0.5) is 0 Å². The number of aryl methyl sites for hydroxylation is 1. The van der Waals surface area contributed by atoms with E-state index in [1.54, 1.807) is 0 Å². The molecular formula is C18H26N2O. The Bertz CT molecular complexity index is 510. The molecule has 1 saturated heterocycles. The molecule has 1 amide bonds. The average Bonchev–Trinajstić information content (AvgIpc) is 2.74. The molecule has 2 atom stereocenters. The Kier molecular flexibility index (Phi) is 4.29. The van der Waals surface area contributed by atoms with Crippen LogP contribution < -0.4 is 5.32 Å². The highest BCUT2D eigenvalue weighted by atomic mass is 16.2. The van der Waals surface area contributed by atoms with Gasteiger partial charge in [-0.15, -0.1) is 0 Å². The average molecular weight is 286 g/mol. The molecule has 1 N–H and O–H groups in total. The first-order valence-electron chi connectivity index (χ1n) is 8.32. The second kappa shape index (κ2) is 6.18. The predicted molar refractivity (Wildman–Crippen MR) is 84.8 cm³/mol. The van der Waals surface area contributed by atoms with Crippen molar-refractivity contribution in [3.8, 4) is 0 Å². The monoisotopic (exact) mass is 286 g/mol. The van der Waals surface area contributed by atoms with Crippen molar-refractivity contribution >= 4 is 5.91 Å². The van der Waals surface area contributed by atoms with Crippen LogP contribution in [0.2, 0.25) is 0 Å². The van der Waals surface area contributed by atoms with Crippen molar-refractivity contribution in [2.45, 2.75) is 58.2 Å². The molecule has 2 fully saturated rings. The van der Waals surface area contributed by atoms with Gasteiger partial charge in [-0.3, -0.25) is 10.1 Å². The molecule has 1 aliphatic carbocycles. The lowest BCUT2D eigenvalue weighted by Crippen LogP contribution is -2.33. The fourth-order valence-electron chi connectivity index (χ4n) is 3.43. The minimum absolute atomic E-state index is 0.0168. The number of nitrogens with zero attached hydrogens (tertiary/aromatic N) is 1. The van der Waals surface area contributed by atoms with Gasteiger partial charge in [-0.25, -0.2) is 0 Å². The second-order valence-corrected chi connectivity index (χ2v) is 6.56. The van der Waals surface area contributed by atoms with Crippen molar-refractivity contribution in [1.29, 1.82) is 0 Å². The van der Waals surface area contributed by atoms with Gasteiger partial charge in [0.15, 0.2) is 0 Å². The molecule has 1 saturated carbocycles. The van der Waals surface area contributed by atoms with Crippen molar-refractivity contribution in [1.82, 2.24) is 10.2 Å². The van der Waals surface area contributed by atoms with Crippen molar-refractivity contribution in [2.75, 3.05) is 6.54 Å². The highest BCUT2D eigenvalue weighted by molar-refractivity contribution is 5.84. The molecule has 1 aromatic carbocycles. The first-order chi connectivity index (χ1) is 10.2. The molecule has 0 radical (unpaired) electrons. The maximum atomic E-state index is 12.6. The highest BCUT2D eigenvalue weighted by Gasteiger charge is 2.38. The highest BCUT2D eigenvalue weighted by Crippen LogP contribution is 2.32. The number of hydrogen-bond acceptors (Lipinski definition) is 2. The van der Waals surface area contributed by atoms with Crippen LogP contribution in [0.1, 0.15) is 56.3 Å². The fourth-order valence-corrected chi connectivity index (χ4v) is 3.43. The van der Waals surface area contributed by atoms with Gasteiger partial charge in [0.05, 0.1) is 6.04 Å². The van der Waals surface area contributed by atoms with Gasteiger partial charge in [0.2, 0.25) is 5.91 Å². The standard InChI is InChI=1S/C18H26N2O/c1-3-16-18(21)20(11-10-14-7-5-8-14)17(19-16)15-9-4-6-13(2)12-15/h4,6,9,12,14,16-17,19H,3,5,7-8,10-11H2,1-2H3. The van der Waals surface area contributed by atoms with E-state index in [1.807, 2.05) is 0 Å². The number of hydrogen-bond donors (Lipinski definition) is 1. The maximum Gasteiger partial charge on any atom is 0.241 e. The molecule has 1 aromatic rings. The smallest absolute Gasteiger partial charge is 0.241 e. The van der Waals surface area contributed by atoms with Crippen molar-refractivity contribution in [3.63, 3.8) is 0 Å². The van der Waals surface area contributed by atoms with E-state index in [9.17, 15) is 4.79 Å². The first kappa shape index (κ1) is 14.6. The van der Waals surface area contributed by atoms with Crippen molar-refractivity contribution < 1.29 is 4.79 Å². The van der Waals surface area contributed by atoms with Gasteiger partial charge in [-0.1, -0.05) is 56.0 Å². The summed E-state index contributed by atoms with van der Waals surface area (Å²) in [5.74, 6) is 1.12. The third-order valence-electron chi connectivity index (χ3n) is 5.02. The summed E-state index contributed by atoms with van der Waals surface area (Å²) in [6, 6.07) is 8.50. The largest absolute Gasteiger partial charge is 0.322 e. The van der Waals surface area contributed by atoms with E-state index in [4.69, 9.17) is 0 Å². The molecule has 0 spiro atoms. The lowest BCUT2D eigenvalue weighted by Gasteiger charge is -2.30. The van der Waals surface area contributed by atoms with Crippen molar-refractivity contribution in [3.05, 3.63) is 35.4 Å². The third kappa shape index (κ3) is 2.98. The van der Waals surface area contributed by atoms with E-state index in [0.29, 0.717) is 0 Å². The van der Waals surface area contributed by atoms with Crippen molar-refractivity contribution in [2.24, 2.45) is 5.92 Å². The minimum Gasteiger partial charge on any atom is -0.322 e. The topological polar surface area (TPSA) is 32.3 Å². The number of rotatable bonds is 5. The zero-order valence-electron chi connectivity index (χ0n) is 13.1. The van der Waals surface area contributed by atoms with Gasteiger partial charge in [0, 0.05) is 6.54 Å². The fraction of sp³-hybridized carbons (Fsp3) is 0.611. The van der Waals surface area contributed by atoms with Crippen LogP contribution >= 0.6 is 0 Å². The van der Waals surface area contributed by atoms with Crippen LogP contribution in [0.3, 0.4) is 0 Å². The molecule has 3 heteroatoms. The van der Waals surface area contributed by atoms with E-state index in [2.05, 4.69) is 48.3 Å². The van der Waals surface area contributed by atoms with Gasteiger partial charge in [0.1, 0.15) is 6.17 Å². The molecule has 114 valence electrons. The zero-order valence-corrected chi connectivity index (χ0v) is 13.1. The number of amides is 1. The molecule has 21 heavy (non-hydrogen) atoms. The molecule has 2 unspecified atom stereocenters. The molecular weight excluding hydrogens is 260 g/mol. The molecule has 0 aromatic heterocycles.